The fraction of sp³-hybridized carbons (Fsp3) is 0.312. The summed E-state index contributed by atoms with van der Waals surface area (Å²) >= 11 is 6.26. The zero-order valence-electron chi connectivity index (χ0n) is 12.6. The average molecular weight is 307 g/mol. The van der Waals surface area contributed by atoms with Crippen LogP contribution in [0.3, 0.4) is 0 Å². The van der Waals surface area contributed by atoms with Crippen molar-refractivity contribution in [1.82, 2.24) is 4.98 Å². The Morgan fingerprint density at radius 3 is 2.57 bits per heavy atom. The van der Waals surface area contributed by atoms with E-state index in [4.69, 9.17) is 26.8 Å². The van der Waals surface area contributed by atoms with E-state index in [0.29, 0.717) is 23.4 Å². The zero-order chi connectivity index (χ0) is 15.6. The maximum Gasteiger partial charge on any atom is 0.240 e. The number of hydrogen-bond donors (Lipinski definition) is 1. The summed E-state index contributed by atoms with van der Waals surface area (Å²) in [5.41, 5.74) is 8.21. The van der Waals surface area contributed by atoms with Crippen molar-refractivity contribution >= 4 is 17.3 Å². The summed E-state index contributed by atoms with van der Waals surface area (Å²) in [6, 6.07) is 7.27. The molecule has 0 spiro atoms. The number of halogens is 1. The number of methoxy groups -OCH3 is 1. The minimum atomic E-state index is 0.314. The van der Waals surface area contributed by atoms with Gasteiger partial charge in [-0.15, -0.1) is 0 Å². The van der Waals surface area contributed by atoms with Crippen molar-refractivity contribution in [1.29, 1.82) is 0 Å². The van der Waals surface area contributed by atoms with Crippen LogP contribution in [-0.2, 0) is 0 Å². The SMILES string of the molecule is COc1nc(Oc2cc(C(C)C)c(Cl)cc2C)ccc1N. The molecule has 0 fully saturated rings. The molecule has 4 nitrogen and oxygen atoms in total. The Balaban J connectivity index is 2.37. The molecule has 1 aromatic carbocycles. The van der Waals surface area contributed by atoms with E-state index in [-0.39, 0.29) is 0 Å². The first-order valence-corrected chi connectivity index (χ1v) is 7.08. The Bertz CT molecular complexity index is 657. The molecule has 2 aromatic rings. The lowest BCUT2D eigenvalue weighted by molar-refractivity contribution is 0.385. The van der Waals surface area contributed by atoms with Gasteiger partial charge in [0.2, 0.25) is 11.8 Å². The van der Waals surface area contributed by atoms with Crippen LogP contribution in [0, 0.1) is 6.92 Å². The highest BCUT2D eigenvalue weighted by atomic mass is 35.5. The van der Waals surface area contributed by atoms with Crippen molar-refractivity contribution < 1.29 is 9.47 Å². The van der Waals surface area contributed by atoms with Crippen LogP contribution in [-0.4, -0.2) is 12.1 Å². The maximum atomic E-state index is 6.26. The quantitative estimate of drug-likeness (QED) is 0.900. The molecule has 0 saturated heterocycles. The Labute approximate surface area is 129 Å². The van der Waals surface area contributed by atoms with Gasteiger partial charge in [-0.2, -0.15) is 4.98 Å². The van der Waals surface area contributed by atoms with E-state index in [1.54, 1.807) is 12.1 Å². The van der Waals surface area contributed by atoms with Gasteiger partial charge in [0.05, 0.1) is 12.8 Å². The second-order valence-electron chi connectivity index (χ2n) is 5.14. The number of nitrogens with zero attached hydrogens (tertiary/aromatic N) is 1. The number of pyridine rings is 1. The van der Waals surface area contributed by atoms with Gasteiger partial charge in [0.25, 0.3) is 0 Å². The minimum Gasteiger partial charge on any atom is -0.479 e. The second kappa shape index (κ2) is 6.22. The number of aromatic nitrogens is 1. The lowest BCUT2D eigenvalue weighted by Gasteiger charge is -2.14. The molecule has 21 heavy (non-hydrogen) atoms. The van der Waals surface area contributed by atoms with Crippen LogP contribution < -0.4 is 15.2 Å². The molecule has 0 aliphatic carbocycles. The summed E-state index contributed by atoms with van der Waals surface area (Å²) in [7, 11) is 1.52. The molecule has 0 bridgehead atoms. The third-order valence-corrected chi connectivity index (χ3v) is 3.52. The van der Waals surface area contributed by atoms with Crippen LogP contribution in [0.1, 0.15) is 30.9 Å². The Morgan fingerprint density at radius 2 is 1.95 bits per heavy atom. The summed E-state index contributed by atoms with van der Waals surface area (Å²) < 4.78 is 10.9. The molecule has 0 atom stereocenters. The monoisotopic (exact) mass is 306 g/mol. The number of benzene rings is 1. The van der Waals surface area contributed by atoms with E-state index in [9.17, 15) is 0 Å². The van der Waals surface area contributed by atoms with E-state index in [2.05, 4.69) is 18.8 Å². The largest absolute Gasteiger partial charge is 0.479 e. The van der Waals surface area contributed by atoms with E-state index < -0.39 is 0 Å². The standard InChI is InChI=1S/C16H19ClN2O2/c1-9(2)11-8-14(10(3)7-12(11)17)21-15-6-5-13(18)16(19-15)20-4/h5-9H,18H2,1-4H3. The van der Waals surface area contributed by atoms with Crippen molar-refractivity contribution in [2.45, 2.75) is 26.7 Å². The summed E-state index contributed by atoms with van der Waals surface area (Å²) in [5, 5.41) is 0.748. The summed E-state index contributed by atoms with van der Waals surface area (Å²) in [5.74, 6) is 1.82. The molecule has 0 unspecified atom stereocenters. The number of nitrogen functional groups attached to an aromatic ring is 1. The van der Waals surface area contributed by atoms with Gasteiger partial charge < -0.3 is 15.2 Å². The molecule has 112 valence electrons. The molecular formula is C16H19ClN2O2. The van der Waals surface area contributed by atoms with Crippen LogP contribution in [0.25, 0.3) is 0 Å². The van der Waals surface area contributed by atoms with Crippen molar-refractivity contribution in [2.24, 2.45) is 0 Å². The Morgan fingerprint density at radius 1 is 1.24 bits per heavy atom. The summed E-state index contributed by atoms with van der Waals surface area (Å²) in [4.78, 5) is 4.22. The average Bonchev–Trinajstić information content (AvgIpc) is 2.43. The van der Waals surface area contributed by atoms with Crippen molar-refractivity contribution in [3.05, 3.63) is 40.4 Å². The number of anilines is 1. The molecule has 1 aromatic heterocycles. The molecule has 0 radical (unpaired) electrons. The molecule has 1 heterocycles. The third-order valence-electron chi connectivity index (χ3n) is 3.19. The lowest BCUT2D eigenvalue weighted by Crippen LogP contribution is -1.98. The highest BCUT2D eigenvalue weighted by Gasteiger charge is 2.12. The van der Waals surface area contributed by atoms with Gasteiger partial charge in [-0.25, -0.2) is 0 Å². The molecule has 2 N–H and O–H groups in total. The Kier molecular flexibility index (Phi) is 4.58. The molecule has 2 rings (SSSR count). The first-order valence-electron chi connectivity index (χ1n) is 6.70. The van der Waals surface area contributed by atoms with Crippen molar-refractivity contribution in [2.75, 3.05) is 12.8 Å². The van der Waals surface area contributed by atoms with Crippen LogP contribution in [0.4, 0.5) is 5.69 Å². The van der Waals surface area contributed by atoms with Gasteiger partial charge in [-0.3, -0.25) is 0 Å². The highest BCUT2D eigenvalue weighted by molar-refractivity contribution is 6.31. The van der Waals surface area contributed by atoms with E-state index >= 15 is 0 Å². The first kappa shape index (κ1) is 15.4. The number of rotatable bonds is 4. The van der Waals surface area contributed by atoms with Gasteiger partial charge in [0, 0.05) is 11.1 Å². The first-order chi connectivity index (χ1) is 9.92. The number of ether oxygens (including phenoxy) is 2. The van der Waals surface area contributed by atoms with Gasteiger partial charge in [-0.1, -0.05) is 25.4 Å². The van der Waals surface area contributed by atoms with Crippen LogP contribution in [0.15, 0.2) is 24.3 Å². The minimum absolute atomic E-state index is 0.314. The van der Waals surface area contributed by atoms with Gasteiger partial charge in [0.15, 0.2) is 0 Å². The van der Waals surface area contributed by atoms with Gasteiger partial charge in [0.1, 0.15) is 5.75 Å². The van der Waals surface area contributed by atoms with Crippen LogP contribution in [0.5, 0.6) is 17.5 Å². The fourth-order valence-corrected chi connectivity index (χ4v) is 2.42. The van der Waals surface area contributed by atoms with E-state index in [0.717, 1.165) is 21.9 Å². The fourth-order valence-electron chi connectivity index (χ4n) is 1.99. The third kappa shape index (κ3) is 3.39. The maximum absolute atomic E-state index is 6.26. The summed E-state index contributed by atoms with van der Waals surface area (Å²) in [6.45, 7) is 6.12. The molecular weight excluding hydrogens is 288 g/mol. The number of aryl methyl sites for hydroxylation is 1. The van der Waals surface area contributed by atoms with E-state index in [1.165, 1.54) is 7.11 Å². The molecule has 0 amide bonds. The molecule has 0 aliphatic heterocycles. The lowest BCUT2D eigenvalue weighted by atomic mass is 10.0. The van der Waals surface area contributed by atoms with Crippen molar-refractivity contribution in [3.8, 4) is 17.5 Å². The van der Waals surface area contributed by atoms with Crippen LogP contribution >= 0.6 is 11.6 Å². The smallest absolute Gasteiger partial charge is 0.240 e. The molecule has 0 saturated carbocycles. The number of nitrogens with two attached hydrogens (primary N) is 1. The van der Waals surface area contributed by atoms with Crippen molar-refractivity contribution in [3.63, 3.8) is 0 Å². The van der Waals surface area contributed by atoms with Gasteiger partial charge >= 0.3 is 0 Å². The molecule has 0 aliphatic rings. The topological polar surface area (TPSA) is 57.4 Å². The molecule has 5 heteroatoms. The van der Waals surface area contributed by atoms with E-state index in [1.807, 2.05) is 19.1 Å². The normalized spacial score (nSPS) is 10.8. The number of hydrogen-bond acceptors (Lipinski definition) is 4. The second-order valence-corrected chi connectivity index (χ2v) is 5.55. The van der Waals surface area contributed by atoms with Crippen LogP contribution in [0.2, 0.25) is 5.02 Å². The highest BCUT2D eigenvalue weighted by Crippen LogP contribution is 2.34. The predicted octanol–water partition coefficient (Wildman–Crippen LogP) is 4.55. The predicted molar refractivity (Wildman–Crippen MR) is 85.6 cm³/mol. The Hall–Kier alpha value is -1.94. The van der Waals surface area contributed by atoms with Gasteiger partial charge in [-0.05, 0) is 42.2 Å². The zero-order valence-corrected chi connectivity index (χ0v) is 13.4. The summed E-state index contributed by atoms with van der Waals surface area (Å²) in [6.07, 6.45) is 0.